The van der Waals surface area contributed by atoms with E-state index >= 15 is 0 Å². The van der Waals surface area contributed by atoms with Crippen molar-refractivity contribution in [2.24, 2.45) is 0 Å². The van der Waals surface area contributed by atoms with Crippen LogP contribution in [0.15, 0.2) is 41.6 Å². The number of nitrogens with one attached hydrogen (secondary N) is 2. The highest BCUT2D eigenvalue weighted by molar-refractivity contribution is 8.00. The second-order valence-corrected chi connectivity index (χ2v) is 6.39. The average Bonchev–Trinajstić information content (AvgIpc) is 2.53. The Morgan fingerprint density at radius 3 is 2.65 bits per heavy atom. The molecule has 2 heterocycles. The number of nitrogens with zero attached hydrogens (tertiary/aromatic N) is 1. The Morgan fingerprint density at radius 2 is 2.00 bits per heavy atom. The number of carboxylic acids is 1. The summed E-state index contributed by atoms with van der Waals surface area (Å²) >= 11 is 1.44. The van der Waals surface area contributed by atoms with Gasteiger partial charge in [0.15, 0.2) is 0 Å². The Labute approximate surface area is 136 Å². The Hall–Kier alpha value is -2.48. The number of amides is 3. The van der Waals surface area contributed by atoms with Crippen molar-refractivity contribution in [1.29, 1.82) is 0 Å². The van der Waals surface area contributed by atoms with E-state index in [-0.39, 0.29) is 11.1 Å². The average molecular weight is 333 g/mol. The van der Waals surface area contributed by atoms with Crippen LogP contribution in [0.2, 0.25) is 0 Å². The van der Waals surface area contributed by atoms with Crippen molar-refractivity contribution >= 4 is 35.4 Å². The minimum atomic E-state index is -1.12. The van der Waals surface area contributed by atoms with E-state index in [1.807, 2.05) is 6.07 Å². The SMILES string of the molecule is CC1=C(C(=O)O)N2C(=O)[C@@H](NC(=O)Nc3ccccc3)[C@H]2SC1. The molecule has 7 nitrogen and oxygen atoms in total. The lowest BCUT2D eigenvalue weighted by molar-refractivity contribution is -0.148. The molecule has 1 aromatic carbocycles. The summed E-state index contributed by atoms with van der Waals surface area (Å²) in [6, 6.07) is 7.67. The molecule has 0 radical (unpaired) electrons. The third-order valence-corrected chi connectivity index (χ3v) is 5.10. The van der Waals surface area contributed by atoms with Crippen LogP contribution in [0.4, 0.5) is 10.5 Å². The fourth-order valence-corrected chi connectivity index (χ4v) is 3.90. The number of hydrogen-bond acceptors (Lipinski definition) is 4. The minimum absolute atomic E-state index is 0.0280. The number of hydrogen-bond donors (Lipinski definition) is 3. The zero-order chi connectivity index (χ0) is 16.6. The number of fused-ring (bicyclic) bond motifs is 1. The molecule has 2 atom stereocenters. The van der Waals surface area contributed by atoms with Gasteiger partial charge in [0.1, 0.15) is 17.1 Å². The lowest BCUT2D eigenvalue weighted by Crippen LogP contribution is -2.70. The lowest BCUT2D eigenvalue weighted by Gasteiger charge is -2.49. The molecule has 1 saturated heterocycles. The van der Waals surface area contributed by atoms with Crippen molar-refractivity contribution in [1.82, 2.24) is 10.2 Å². The molecule has 1 aromatic rings. The normalized spacial score (nSPS) is 23.0. The molecule has 0 unspecified atom stereocenters. The second-order valence-electron chi connectivity index (χ2n) is 5.29. The summed E-state index contributed by atoms with van der Waals surface area (Å²) < 4.78 is 0. The first-order valence-corrected chi connectivity index (χ1v) is 8.04. The van der Waals surface area contributed by atoms with Gasteiger partial charge in [-0.15, -0.1) is 11.8 Å². The summed E-state index contributed by atoms with van der Waals surface area (Å²) in [7, 11) is 0. The summed E-state index contributed by atoms with van der Waals surface area (Å²) in [5, 5.41) is 14.1. The molecule has 2 aliphatic heterocycles. The number of β-lactam (4-membered cyclic amide) rings is 1. The molecule has 8 heteroatoms. The highest BCUT2D eigenvalue weighted by Crippen LogP contribution is 2.40. The number of urea groups is 1. The first-order chi connectivity index (χ1) is 11.0. The molecule has 3 rings (SSSR count). The van der Waals surface area contributed by atoms with Gasteiger partial charge in [0.25, 0.3) is 5.91 Å². The molecular formula is C15H15N3O4S. The Balaban J connectivity index is 1.67. The van der Waals surface area contributed by atoms with Gasteiger partial charge in [0.05, 0.1) is 0 Å². The van der Waals surface area contributed by atoms with E-state index in [4.69, 9.17) is 0 Å². The second kappa shape index (κ2) is 5.96. The molecule has 0 spiro atoms. The highest BCUT2D eigenvalue weighted by Gasteiger charge is 2.53. The van der Waals surface area contributed by atoms with Crippen molar-refractivity contribution in [2.75, 3.05) is 11.1 Å². The van der Waals surface area contributed by atoms with Crippen LogP contribution >= 0.6 is 11.8 Å². The number of para-hydroxylation sites is 1. The number of carbonyl (C=O) groups excluding carboxylic acids is 2. The van der Waals surface area contributed by atoms with E-state index in [1.54, 1.807) is 31.2 Å². The highest BCUT2D eigenvalue weighted by atomic mass is 32.2. The number of thioether (sulfide) groups is 1. The van der Waals surface area contributed by atoms with Gasteiger partial charge in [-0.3, -0.25) is 9.69 Å². The van der Waals surface area contributed by atoms with Gasteiger partial charge < -0.3 is 15.7 Å². The van der Waals surface area contributed by atoms with Gasteiger partial charge in [-0.2, -0.15) is 0 Å². The zero-order valence-corrected chi connectivity index (χ0v) is 13.1. The number of carboxylic acid groups (broad SMARTS) is 1. The van der Waals surface area contributed by atoms with Gasteiger partial charge in [-0.05, 0) is 24.6 Å². The Morgan fingerprint density at radius 1 is 1.30 bits per heavy atom. The van der Waals surface area contributed by atoms with Crippen molar-refractivity contribution in [3.63, 3.8) is 0 Å². The summed E-state index contributed by atoms with van der Waals surface area (Å²) in [5.74, 6) is -0.996. The maximum Gasteiger partial charge on any atom is 0.352 e. The fourth-order valence-electron chi connectivity index (χ4n) is 2.61. The van der Waals surface area contributed by atoms with Gasteiger partial charge in [0, 0.05) is 11.4 Å². The van der Waals surface area contributed by atoms with E-state index in [1.165, 1.54) is 16.7 Å². The summed E-state index contributed by atoms with van der Waals surface area (Å²) in [4.78, 5) is 36.8. The van der Waals surface area contributed by atoms with Gasteiger partial charge >= 0.3 is 12.0 Å². The number of rotatable bonds is 3. The monoisotopic (exact) mass is 333 g/mol. The van der Waals surface area contributed by atoms with Crippen LogP contribution in [0.3, 0.4) is 0 Å². The molecule has 3 N–H and O–H groups in total. The standard InChI is InChI=1S/C15H15N3O4S/c1-8-7-23-13-10(12(19)18(13)11(8)14(20)21)17-15(22)16-9-5-3-2-4-6-9/h2-6,10,13H,7H2,1H3,(H,20,21)(H2,16,17,22)/t10-,13-/m1/s1. The van der Waals surface area contributed by atoms with E-state index in [2.05, 4.69) is 10.6 Å². The zero-order valence-electron chi connectivity index (χ0n) is 12.3. The van der Waals surface area contributed by atoms with Gasteiger partial charge in [-0.1, -0.05) is 18.2 Å². The summed E-state index contributed by atoms with van der Waals surface area (Å²) in [6.07, 6.45) is 0. The third-order valence-electron chi connectivity index (χ3n) is 3.68. The maximum absolute atomic E-state index is 12.2. The molecule has 0 bridgehead atoms. The van der Waals surface area contributed by atoms with Crippen LogP contribution in [-0.2, 0) is 9.59 Å². The first kappa shape index (κ1) is 15.4. The topological polar surface area (TPSA) is 98.7 Å². The van der Waals surface area contributed by atoms with Crippen LogP contribution in [-0.4, -0.2) is 45.1 Å². The third kappa shape index (κ3) is 2.77. The van der Waals surface area contributed by atoms with E-state index < -0.39 is 23.9 Å². The molecule has 0 aliphatic carbocycles. The van der Waals surface area contributed by atoms with E-state index in [0.29, 0.717) is 17.0 Å². The van der Waals surface area contributed by atoms with Crippen LogP contribution in [0.5, 0.6) is 0 Å². The molecule has 2 aliphatic rings. The van der Waals surface area contributed by atoms with Gasteiger partial charge in [-0.25, -0.2) is 9.59 Å². The predicted octanol–water partition coefficient (Wildman–Crippen LogP) is 1.45. The summed E-state index contributed by atoms with van der Waals surface area (Å²) in [5.41, 5.74) is 1.30. The molecule has 23 heavy (non-hydrogen) atoms. The largest absolute Gasteiger partial charge is 0.477 e. The molecule has 120 valence electrons. The number of benzene rings is 1. The Kier molecular flexibility index (Phi) is 3.99. The van der Waals surface area contributed by atoms with Gasteiger partial charge in [0.2, 0.25) is 0 Å². The Bertz CT molecular complexity index is 704. The molecule has 1 fully saturated rings. The summed E-state index contributed by atoms with van der Waals surface area (Å²) in [6.45, 7) is 1.70. The van der Waals surface area contributed by atoms with Crippen LogP contribution in [0.1, 0.15) is 6.92 Å². The van der Waals surface area contributed by atoms with E-state index in [9.17, 15) is 19.5 Å². The number of aliphatic carboxylic acids is 1. The predicted molar refractivity (Wildman–Crippen MR) is 85.8 cm³/mol. The van der Waals surface area contributed by atoms with Crippen LogP contribution < -0.4 is 10.6 Å². The first-order valence-electron chi connectivity index (χ1n) is 6.99. The number of anilines is 1. The lowest BCUT2D eigenvalue weighted by atomic mass is 10.0. The van der Waals surface area contributed by atoms with Crippen LogP contribution in [0.25, 0.3) is 0 Å². The maximum atomic E-state index is 12.2. The van der Waals surface area contributed by atoms with Crippen LogP contribution in [0, 0.1) is 0 Å². The van der Waals surface area contributed by atoms with E-state index in [0.717, 1.165) is 0 Å². The number of carbonyl (C=O) groups is 3. The van der Waals surface area contributed by atoms with Crippen molar-refractivity contribution < 1.29 is 19.5 Å². The smallest absolute Gasteiger partial charge is 0.352 e. The molecule has 3 amide bonds. The fraction of sp³-hybridized carbons (Fsp3) is 0.267. The molecule has 0 aromatic heterocycles. The van der Waals surface area contributed by atoms with Crippen molar-refractivity contribution in [3.05, 3.63) is 41.6 Å². The van der Waals surface area contributed by atoms with Crippen molar-refractivity contribution in [3.8, 4) is 0 Å². The quantitative estimate of drug-likeness (QED) is 0.727. The van der Waals surface area contributed by atoms with Crippen molar-refractivity contribution in [2.45, 2.75) is 18.3 Å². The molecule has 0 saturated carbocycles. The molecular weight excluding hydrogens is 318 g/mol. The minimum Gasteiger partial charge on any atom is -0.477 e.